The number of hydrogen-bond donors (Lipinski definition) is 3. The summed E-state index contributed by atoms with van der Waals surface area (Å²) in [7, 11) is 0. The van der Waals surface area contributed by atoms with Crippen LogP contribution in [-0.2, 0) is 14.3 Å². The standard InChI is InChI=1S/C28H32N2O5/c31-25(30-28(13-14-28)16-26(32)33)15-24(18-7-1-2-8-18)29-27(34)35-17-23-21-11-5-3-9-19(21)20-10-4-6-12-22(20)23/h3-6,9-12,18,23-24H,1-2,7-8,13-17H2,(H,29,34)(H,30,31)(H,32,33). The van der Waals surface area contributed by atoms with Crippen LogP contribution in [0.1, 0.15) is 68.4 Å². The molecular formula is C28H32N2O5. The van der Waals surface area contributed by atoms with E-state index in [4.69, 9.17) is 9.84 Å². The van der Waals surface area contributed by atoms with Gasteiger partial charge in [-0.15, -0.1) is 0 Å². The summed E-state index contributed by atoms with van der Waals surface area (Å²) in [5.74, 6) is -0.922. The SMILES string of the molecule is O=C(O)CC1(NC(=O)CC(NC(=O)OCC2c3ccccc3-c3ccccc32)C2CCCC2)CC1. The van der Waals surface area contributed by atoms with Crippen molar-refractivity contribution in [3.63, 3.8) is 0 Å². The van der Waals surface area contributed by atoms with Crippen LogP contribution in [0.3, 0.4) is 0 Å². The van der Waals surface area contributed by atoms with Crippen LogP contribution in [0.25, 0.3) is 11.1 Å². The van der Waals surface area contributed by atoms with Gasteiger partial charge in [-0.25, -0.2) is 4.79 Å². The van der Waals surface area contributed by atoms with Gasteiger partial charge in [-0.05, 0) is 53.9 Å². The second kappa shape index (κ2) is 9.72. The zero-order valence-electron chi connectivity index (χ0n) is 19.8. The Labute approximate surface area is 205 Å². The molecule has 3 N–H and O–H groups in total. The van der Waals surface area contributed by atoms with Crippen molar-refractivity contribution in [2.24, 2.45) is 5.92 Å². The van der Waals surface area contributed by atoms with Crippen molar-refractivity contribution in [1.82, 2.24) is 10.6 Å². The van der Waals surface area contributed by atoms with Gasteiger partial charge in [0.25, 0.3) is 0 Å². The number of carbonyl (C=O) groups excluding carboxylic acids is 2. The van der Waals surface area contributed by atoms with E-state index in [1.165, 1.54) is 11.1 Å². The lowest BCUT2D eigenvalue weighted by atomic mass is 9.95. The predicted octanol–water partition coefficient (Wildman–Crippen LogP) is 4.60. The summed E-state index contributed by atoms with van der Waals surface area (Å²) in [4.78, 5) is 36.8. The molecule has 1 unspecified atom stereocenters. The molecule has 3 aliphatic carbocycles. The fraction of sp³-hybridized carbons (Fsp3) is 0.464. The van der Waals surface area contributed by atoms with E-state index in [0.29, 0.717) is 12.8 Å². The number of carboxylic acids is 1. The molecule has 0 bridgehead atoms. The molecule has 2 aromatic rings. The van der Waals surface area contributed by atoms with Gasteiger partial charge >= 0.3 is 12.1 Å². The van der Waals surface area contributed by atoms with Crippen LogP contribution in [-0.4, -0.2) is 41.3 Å². The maximum absolute atomic E-state index is 12.9. The summed E-state index contributed by atoms with van der Waals surface area (Å²) in [6.45, 7) is 0.227. The first-order valence-corrected chi connectivity index (χ1v) is 12.6. The van der Waals surface area contributed by atoms with Gasteiger partial charge in [0, 0.05) is 18.4 Å². The molecule has 2 fully saturated rings. The topological polar surface area (TPSA) is 105 Å². The van der Waals surface area contributed by atoms with Crippen molar-refractivity contribution in [2.75, 3.05) is 6.61 Å². The summed E-state index contributed by atoms with van der Waals surface area (Å²) < 4.78 is 5.72. The van der Waals surface area contributed by atoms with Crippen molar-refractivity contribution in [3.8, 4) is 11.1 Å². The minimum atomic E-state index is -0.910. The Bertz CT molecular complexity index is 1070. The molecule has 2 aromatic carbocycles. The fourth-order valence-electron chi connectivity index (χ4n) is 5.82. The van der Waals surface area contributed by atoms with Gasteiger partial charge in [-0.2, -0.15) is 0 Å². The average molecular weight is 477 g/mol. The molecule has 3 aliphatic rings. The van der Waals surface area contributed by atoms with Gasteiger partial charge < -0.3 is 20.5 Å². The van der Waals surface area contributed by atoms with Gasteiger partial charge in [0.2, 0.25) is 5.91 Å². The van der Waals surface area contributed by atoms with Gasteiger partial charge in [0.05, 0.1) is 12.0 Å². The highest BCUT2D eigenvalue weighted by atomic mass is 16.5. The molecule has 0 aliphatic heterocycles. The Morgan fingerprint density at radius 2 is 1.57 bits per heavy atom. The minimum Gasteiger partial charge on any atom is -0.481 e. The molecule has 184 valence electrons. The lowest BCUT2D eigenvalue weighted by molar-refractivity contribution is -0.138. The zero-order valence-corrected chi connectivity index (χ0v) is 19.8. The third-order valence-electron chi connectivity index (χ3n) is 7.77. The summed E-state index contributed by atoms with van der Waals surface area (Å²) in [6, 6.07) is 16.1. The first-order chi connectivity index (χ1) is 16.9. The maximum Gasteiger partial charge on any atom is 0.407 e. The highest BCUT2D eigenvalue weighted by Crippen LogP contribution is 2.44. The van der Waals surface area contributed by atoms with Gasteiger partial charge in [0.1, 0.15) is 6.61 Å². The van der Waals surface area contributed by atoms with Crippen molar-refractivity contribution in [1.29, 1.82) is 0 Å². The summed E-state index contributed by atoms with van der Waals surface area (Å²) >= 11 is 0. The lowest BCUT2D eigenvalue weighted by Gasteiger charge is -2.25. The molecule has 0 heterocycles. The van der Waals surface area contributed by atoms with Crippen LogP contribution in [0.2, 0.25) is 0 Å². The smallest absolute Gasteiger partial charge is 0.407 e. The fourth-order valence-corrected chi connectivity index (χ4v) is 5.82. The first kappa shape index (κ1) is 23.4. The molecular weight excluding hydrogens is 444 g/mol. The molecule has 2 amide bonds. The molecule has 0 saturated heterocycles. The van der Waals surface area contributed by atoms with Crippen LogP contribution < -0.4 is 10.6 Å². The van der Waals surface area contributed by atoms with Crippen molar-refractivity contribution >= 4 is 18.0 Å². The molecule has 0 aromatic heterocycles. The number of carboxylic acid groups (broad SMARTS) is 1. The Hall–Kier alpha value is -3.35. The summed E-state index contributed by atoms with van der Waals surface area (Å²) in [6.07, 6.45) is 5.00. The number of hydrogen-bond acceptors (Lipinski definition) is 4. The molecule has 1 atom stereocenters. The number of fused-ring (bicyclic) bond motifs is 3. The molecule has 7 heteroatoms. The van der Waals surface area contributed by atoms with Crippen LogP contribution in [0.5, 0.6) is 0 Å². The van der Waals surface area contributed by atoms with Crippen LogP contribution >= 0.6 is 0 Å². The monoisotopic (exact) mass is 476 g/mol. The minimum absolute atomic E-state index is 0.0212. The van der Waals surface area contributed by atoms with Crippen LogP contribution in [0, 0.1) is 5.92 Å². The van der Waals surface area contributed by atoms with E-state index in [1.54, 1.807) is 0 Å². The maximum atomic E-state index is 12.9. The second-order valence-corrected chi connectivity index (χ2v) is 10.2. The molecule has 0 radical (unpaired) electrons. The van der Waals surface area contributed by atoms with Crippen molar-refractivity contribution in [2.45, 2.75) is 68.9 Å². The number of alkyl carbamates (subject to hydrolysis) is 1. The van der Waals surface area contributed by atoms with Gasteiger partial charge in [0.15, 0.2) is 0 Å². The quantitative estimate of drug-likeness (QED) is 0.491. The Kier molecular flexibility index (Phi) is 6.50. The summed E-state index contributed by atoms with van der Waals surface area (Å²) in [5, 5.41) is 15.0. The molecule has 5 rings (SSSR count). The highest BCUT2D eigenvalue weighted by molar-refractivity contribution is 5.81. The van der Waals surface area contributed by atoms with E-state index < -0.39 is 17.6 Å². The number of rotatable bonds is 9. The van der Waals surface area contributed by atoms with E-state index in [9.17, 15) is 14.4 Å². The average Bonchev–Trinajstić information content (AvgIpc) is 3.24. The predicted molar refractivity (Wildman–Crippen MR) is 131 cm³/mol. The molecule has 2 saturated carbocycles. The highest BCUT2D eigenvalue weighted by Gasteiger charge is 2.46. The molecule has 0 spiro atoms. The number of aliphatic carboxylic acids is 1. The largest absolute Gasteiger partial charge is 0.481 e. The van der Waals surface area contributed by atoms with E-state index in [1.807, 2.05) is 24.3 Å². The second-order valence-electron chi connectivity index (χ2n) is 10.2. The van der Waals surface area contributed by atoms with Crippen LogP contribution in [0.15, 0.2) is 48.5 Å². The van der Waals surface area contributed by atoms with E-state index in [2.05, 4.69) is 34.9 Å². The Balaban J connectivity index is 1.21. The number of nitrogens with one attached hydrogen (secondary N) is 2. The van der Waals surface area contributed by atoms with Crippen molar-refractivity contribution < 1.29 is 24.2 Å². The Morgan fingerprint density at radius 3 is 2.14 bits per heavy atom. The normalized spacial score (nSPS) is 18.9. The van der Waals surface area contributed by atoms with Crippen molar-refractivity contribution in [3.05, 3.63) is 59.7 Å². The molecule has 7 nitrogen and oxygen atoms in total. The number of ether oxygens (including phenoxy) is 1. The van der Waals surface area contributed by atoms with E-state index >= 15 is 0 Å². The third-order valence-corrected chi connectivity index (χ3v) is 7.77. The number of benzene rings is 2. The van der Waals surface area contributed by atoms with E-state index in [0.717, 1.165) is 36.8 Å². The van der Waals surface area contributed by atoms with E-state index in [-0.39, 0.29) is 43.2 Å². The summed E-state index contributed by atoms with van der Waals surface area (Å²) in [5.41, 5.74) is 4.04. The van der Waals surface area contributed by atoms with Gasteiger partial charge in [-0.1, -0.05) is 61.4 Å². The number of carbonyl (C=O) groups is 3. The van der Waals surface area contributed by atoms with Crippen LogP contribution in [0.4, 0.5) is 4.79 Å². The van der Waals surface area contributed by atoms with Gasteiger partial charge in [-0.3, -0.25) is 9.59 Å². The molecule has 35 heavy (non-hydrogen) atoms. The number of amides is 2. The Morgan fingerprint density at radius 1 is 0.971 bits per heavy atom. The first-order valence-electron chi connectivity index (χ1n) is 12.6. The third kappa shape index (κ3) is 5.19. The lowest BCUT2D eigenvalue weighted by Crippen LogP contribution is -2.46. The zero-order chi connectivity index (χ0) is 24.4.